The van der Waals surface area contributed by atoms with Gasteiger partial charge in [0.2, 0.25) is 5.95 Å². The summed E-state index contributed by atoms with van der Waals surface area (Å²) < 4.78 is 0. The Morgan fingerprint density at radius 1 is 1.62 bits per heavy atom. The molecule has 0 atom stereocenters. The van der Waals surface area contributed by atoms with Crippen molar-refractivity contribution < 1.29 is 9.90 Å². The monoisotopic (exact) mass is 223 g/mol. The van der Waals surface area contributed by atoms with Crippen LogP contribution >= 0.6 is 0 Å². The molecule has 0 radical (unpaired) electrons. The number of aliphatic carboxylic acids is 1. The van der Waals surface area contributed by atoms with E-state index >= 15 is 0 Å². The summed E-state index contributed by atoms with van der Waals surface area (Å²) >= 11 is 0. The number of carboxylic acids is 1. The van der Waals surface area contributed by atoms with E-state index in [9.17, 15) is 9.59 Å². The van der Waals surface area contributed by atoms with Gasteiger partial charge in [-0.1, -0.05) is 6.58 Å². The molecule has 8 heteroatoms. The minimum atomic E-state index is -0.981. The van der Waals surface area contributed by atoms with Crippen LogP contribution in [0.25, 0.3) is 11.2 Å². The summed E-state index contributed by atoms with van der Waals surface area (Å²) in [6, 6.07) is 0. The normalized spacial score (nSPS) is 9.25. The topological polar surface area (TPSA) is 138 Å². The second-order valence-electron chi connectivity index (χ2n) is 2.59. The lowest BCUT2D eigenvalue weighted by Gasteiger charge is -1.89. The number of nitrogen functional groups attached to an aromatic ring is 1. The van der Waals surface area contributed by atoms with E-state index in [1.165, 1.54) is 6.33 Å². The molecule has 2 rings (SSSR count). The molecule has 16 heavy (non-hydrogen) atoms. The van der Waals surface area contributed by atoms with Gasteiger partial charge in [-0.25, -0.2) is 9.78 Å². The smallest absolute Gasteiger partial charge is 0.327 e. The highest BCUT2D eigenvalue weighted by Gasteiger charge is 2.01. The predicted molar refractivity (Wildman–Crippen MR) is 56.8 cm³/mol. The van der Waals surface area contributed by atoms with Crippen LogP contribution in [0, 0.1) is 0 Å². The van der Waals surface area contributed by atoms with Gasteiger partial charge in [-0.15, -0.1) is 0 Å². The fourth-order valence-electron chi connectivity index (χ4n) is 0.863. The molecule has 5 N–H and O–H groups in total. The highest BCUT2D eigenvalue weighted by Crippen LogP contribution is 1.98. The number of nitrogens with zero attached hydrogens (tertiary/aromatic N) is 2. The fraction of sp³-hybridized carbons (Fsp3) is 0. The van der Waals surface area contributed by atoms with Crippen LogP contribution in [0.4, 0.5) is 5.95 Å². The quantitative estimate of drug-likeness (QED) is 0.480. The summed E-state index contributed by atoms with van der Waals surface area (Å²) in [5.41, 5.74) is 5.63. The van der Waals surface area contributed by atoms with Crippen LogP contribution in [0.3, 0.4) is 0 Å². The lowest BCUT2D eigenvalue weighted by Crippen LogP contribution is -2.10. The molecule has 0 amide bonds. The van der Waals surface area contributed by atoms with Gasteiger partial charge < -0.3 is 15.8 Å². The molecule has 0 aromatic carbocycles. The van der Waals surface area contributed by atoms with E-state index in [0.717, 1.165) is 6.08 Å². The largest absolute Gasteiger partial charge is 0.478 e. The number of imidazole rings is 1. The van der Waals surface area contributed by atoms with Gasteiger partial charge in [-0.2, -0.15) is 4.98 Å². The average Bonchev–Trinajstić information content (AvgIpc) is 2.66. The Balaban J connectivity index is 0.000000221. The number of rotatable bonds is 1. The molecule has 0 fully saturated rings. The number of carbonyl (C=O) groups is 1. The van der Waals surface area contributed by atoms with E-state index in [1.54, 1.807) is 0 Å². The van der Waals surface area contributed by atoms with Gasteiger partial charge >= 0.3 is 5.97 Å². The van der Waals surface area contributed by atoms with Crippen LogP contribution in [0.2, 0.25) is 0 Å². The van der Waals surface area contributed by atoms with Gasteiger partial charge in [-0.3, -0.25) is 9.78 Å². The number of nitrogens with one attached hydrogen (secondary N) is 2. The molecule has 0 spiro atoms. The Hall–Kier alpha value is -2.64. The first-order valence-corrected chi connectivity index (χ1v) is 4.09. The first-order valence-electron chi connectivity index (χ1n) is 4.09. The van der Waals surface area contributed by atoms with Gasteiger partial charge in [-0.05, 0) is 0 Å². The van der Waals surface area contributed by atoms with Gasteiger partial charge in [0.05, 0.1) is 6.33 Å². The SMILES string of the molecule is C=CC(=O)O.Nc1nc2[nH]cnc2c(=O)[nH]1. The van der Waals surface area contributed by atoms with Crippen molar-refractivity contribution in [2.24, 2.45) is 0 Å². The molecular formula is C8H9N5O3. The van der Waals surface area contributed by atoms with Crippen molar-refractivity contribution >= 4 is 23.1 Å². The maximum atomic E-state index is 11.0. The zero-order valence-electron chi connectivity index (χ0n) is 8.10. The zero-order valence-corrected chi connectivity index (χ0v) is 8.10. The van der Waals surface area contributed by atoms with Crippen LogP contribution in [0.1, 0.15) is 0 Å². The van der Waals surface area contributed by atoms with Crippen molar-refractivity contribution in [3.8, 4) is 0 Å². The standard InChI is InChI=1S/C5H5N5O.C3H4O2/c6-5-9-3-2(4(11)10-5)7-1-8-3;1-2-3(4)5/h1H,(H4,6,7,8,9,10,11);2H,1H2,(H,4,5). The van der Waals surface area contributed by atoms with Gasteiger partial charge in [0.1, 0.15) is 0 Å². The summed E-state index contributed by atoms with van der Waals surface area (Å²) in [6.45, 7) is 2.96. The number of aromatic nitrogens is 4. The molecule has 2 aromatic rings. The molecule has 2 heterocycles. The van der Waals surface area contributed by atoms with E-state index in [0.29, 0.717) is 5.65 Å². The lowest BCUT2D eigenvalue weighted by molar-refractivity contribution is -0.131. The Kier molecular flexibility index (Phi) is 3.38. The highest BCUT2D eigenvalue weighted by molar-refractivity contribution is 5.78. The number of nitrogens with two attached hydrogens (primary N) is 1. The first kappa shape index (κ1) is 11.4. The van der Waals surface area contributed by atoms with Crippen molar-refractivity contribution in [3.05, 3.63) is 29.3 Å². The van der Waals surface area contributed by atoms with Gasteiger partial charge in [0.25, 0.3) is 5.56 Å². The first-order chi connectivity index (χ1) is 7.54. The van der Waals surface area contributed by atoms with Crippen LogP contribution in [0.15, 0.2) is 23.8 Å². The van der Waals surface area contributed by atoms with E-state index in [-0.39, 0.29) is 17.0 Å². The molecule has 0 bridgehead atoms. The van der Waals surface area contributed by atoms with Crippen molar-refractivity contribution in [2.75, 3.05) is 5.73 Å². The van der Waals surface area contributed by atoms with Crippen LogP contribution in [0.5, 0.6) is 0 Å². The van der Waals surface area contributed by atoms with Crippen LogP contribution < -0.4 is 11.3 Å². The summed E-state index contributed by atoms with van der Waals surface area (Å²) in [4.78, 5) is 32.8. The lowest BCUT2D eigenvalue weighted by atomic mass is 10.5. The number of hydrogen-bond acceptors (Lipinski definition) is 5. The molecule has 0 aliphatic heterocycles. The molecule has 84 valence electrons. The predicted octanol–water partition coefficient (Wildman–Crippen LogP) is -0.515. The molecule has 0 saturated carbocycles. The minimum Gasteiger partial charge on any atom is -0.478 e. The molecule has 0 unspecified atom stereocenters. The van der Waals surface area contributed by atoms with E-state index in [4.69, 9.17) is 10.8 Å². The molecule has 0 aliphatic carbocycles. The van der Waals surface area contributed by atoms with Gasteiger partial charge in [0, 0.05) is 6.08 Å². The summed E-state index contributed by atoms with van der Waals surface area (Å²) in [5, 5.41) is 7.60. The number of fused-ring (bicyclic) bond motifs is 1. The van der Waals surface area contributed by atoms with E-state index in [1.807, 2.05) is 0 Å². The summed E-state index contributed by atoms with van der Waals surface area (Å²) in [5.74, 6) is -0.892. The molecule has 2 aromatic heterocycles. The van der Waals surface area contributed by atoms with Crippen LogP contribution in [-0.4, -0.2) is 31.0 Å². The number of carboxylic acid groups (broad SMARTS) is 1. The maximum Gasteiger partial charge on any atom is 0.327 e. The van der Waals surface area contributed by atoms with Crippen molar-refractivity contribution in [1.29, 1.82) is 0 Å². The number of anilines is 1. The second-order valence-corrected chi connectivity index (χ2v) is 2.59. The second kappa shape index (κ2) is 4.73. The van der Waals surface area contributed by atoms with E-state index < -0.39 is 5.97 Å². The highest BCUT2D eigenvalue weighted by atomic mass is 16.4. The summed E-state index contributed by atoms with van der Waals surface area (Å²) in [7, 11) is 0. The van der Waals surface area contributed by atoms with Gasteiger partial charge in [0.15, 0.2) is 11.2 Å². The maximum absolute atomic E-state index is 11.0. The number of aromatic amines is 2. The molecule has 8 nitrogen and oxygen atoms in total. The van der Waals surface area contributed by atoms with Crippen LogP contribution in [-0.2, 0) is 4.79 Å². The van der Waals surface area contributed by atoms with Crippen molar-refractivity contribution in [1.82, 2.24) is 19.9 Å². The van der Waals surface area contributed by atoms with Crippen molar-refractivity contribution in [3.63, 3.8) is 0 Å². The third-order valence-corrected chi connectivity index (χ3v) is 1.48. The molecule has 0 aliphatic rings. The minimum absolute atomic E-state index is 0.0896. The molecule has 0 saturated heterocycles. The summed E-state index contributed by atoms with van der Waals surface area (Å²) in [6.07, 6.45) is 2.23. The fourth-order valence-corrected chi connectivity index (χ4v) is 0.863. The zero-order chi connectivity index (χ0) is 12.1. The third-order valence-electron chi connectivity index (χ3n) is 1.48. The number of hydrogen-bond donors (Lipinski definition) is 4. The van der Waals surface area contributed by atoms with Crippen molar-refractivity contribution in [2.45, 2.75) is 0 Å². The Morgan fingerprint density at radius 3 is 2.81 bits per heavy atom. The number of H-pyrrole nitrogens is 2. The Labute approximate surface area is 88.8 Å². The third kappa shape index (κ3) is 2.67. The Morgan fingerprint density at radius 2 is 2.25 bits per heavy atom. The molecular weight excluding hydrogens is 214 g/mol. The average molecular weight is 223 g/mol. The Bertz CT molecular complexity index is 570. The van der Waals surface area contributed by atoms with E-state index in [2.05, 4.69) is 26.5 Å².